The van der Waals surface area contributed by atoms with Crippen LogP contribution in [0.15, 0.2) is 59.0 Å². The largest absolute Gasteiger partial charge is 0.456 e. The van der Waals surface area contributed by atoms with Crippen molar-refractivity contribution in [3.8, 4) is 0 Å². The Morgan fingerprint density at radius 2 is 0.833 bits per heavy atom. The standard InChI is InChI=1S/C14H12O.C9H12/c1-9-3-5-13-11(7-9)12-8-10(2)4-6-14(12)15-13;1-7-4-8(2)6-9(3)5-7/h3-8H,1-2H3;4-6H,1-3H3. The molecule has 0 N–H and O–H groups in total. The molecule has 1 nitrogen and oxygen atoms in total. The van der Waals surface area contributed by atoms with Crippen molar-refractivity contribution in [1.82, 2.24) is 0 Å². The van der Waals surface area contributed by atoms with Crippen molar-refractivity contribution in [2.45, 2.75) is 34.6 Å². The van der Waals surface area contributed by atoms with Gasteiger partial charge < -0.3 is 4.42 Å². The van der Waals surface area contributed by atoms with Crippen molar-refractivity contribution in [3.05, 3.63) is 82.4 Å². The van der Waals surface area contributed by atoms with E-state index in [0.29, 0.717) is 0 Å². The van der Waals surface area contributed by atoms with E-state index in [0.717, 1.165) is 11.2 Å². The second kappa shape index (κ2) is 6.52. The van der Waals surface area contributed by atoms with Gasteiger partial charge in [0, 0.05) is 10.8 Å². The van der Waals surface area contributed by atoms with E-state index in [1.807, 2.05) is 12.1 Å². The number of benzene rings is 3. The summed E-state index contributed by atoms with van der Waals surface area (Å²) in [6, 6.07) is 19.2. The van der Waals surface area contributed by atoms with Crippen LogP contribution in [0.5, 0.6) is 0 Å². The number of rotatable bonds is 0. The molecule has 0 aliphatic carbocycles. The van der Waals surface area contributed by atoms with Crippen molar-refractivity contribution < 1.29 is 4.42 Å². The maximum absolute atomic E-state index is 5.76. The second-order valence-electron chi connectivity index (χ2n) is 6.77. The van der Waals surface area contributed by atoms with E-state index in [4.69, 9.17) is 4.42 Å². The topological polar surface area (TPSA) is 13.1 Å². The molecule has 4 rings (SSSR count). The lowest BCUT2D eigenvalue weighted by atomic mass is 10.1. The van der Waals surface area contributed by atoms with Gasteiger partial charge in [0.1, 0.15) is 11.2 Å². The Balaban J connectivity index is 0.000000162. The van der Waals surface area contributed by atoms with Crippen LogP contribution in [0.4, 0.5) is 0 Å². The molecule has 24 heavy (non-hydrogen) atoms. The average Bonchev–Trinajstić information content (AvgIpc) is 2.84. The molecule has 0 spiro atoms. The molecule has 3 aromatic carbocycles. The van der Waals surface area contributed by atoms with E-state index in [9.17, 15) is 0 Å². The van der Waals surface area contributed by atoms with Crippen molar-refractivity contribution in [1.29, 1.82) is 0 Å². The lowest BCUT2D eigenvalue weighted by Gasteiger charge is -1.96. The number of fused-ring (bicyclic) bond motifs is 3. The summed E-state index contributed by atoms with van der Waals surface area (Å²) in [4.78, 5) is 0. The molecule has 0 saturated carbocycles. The van der Waals surface area contributed by atoms with Gasteiger partial charge in [-0.3, -0.25) is 0 Å². The van der Waals surface area contributed by atoms with Gasteiger partial charge >= 0.3 is 0 Å². The van der Waals surface area contributed by atoms with Crippen LogP contribution in [0.3, 0.4) is 0 Å². The quantitative estimate of drug-likeness (QED) is 0.347. The van der Waals surface area contributed by atoms with Gasteiger partial charge in [-0.25, -0.2) is 0 Å². The summed E-state index contributed by atoms with van der Waals surface area (Å²) in [5.41, 5.74) is 8.55. The highest BCUT2D eigenvalue weighted by atomic mass is 16.3. The average molecular weight is 316 g/mol. The van der Waals surface area contributed by atoms with E-state index >= 15 is 0 Å². The zero-order valence-electron chi connectivity index (χ0n) is 15.1. The molecule has 0 fully saturated rings. The summed E-state index contributed by atoms with van der Waals surface area (Å²) in [7, 11) is 0. The van der Waals surface area contributed by atoms with E-state index < -0.39 is 0 Å². The maximum Gasteiger partial charge on any atom is 0.135 e. The normalized spacial score (nSPS) is 10.7. The van der Waals surface area contributed by atoms with Crippen molar-refractivity contribution in [3.63, 3.8) is 0 Å². The fourth-order valence-electron chi connectivity index (χ4n) is 3.21. The molecule has 0 unspecified atom stereocenters. The summed E-state index contributed by atoms with van der Waals surface area (Å²) < 4.78 is 5.76. The Kier molecular flexibility index (Phi) is 4.44. The van der Waals surface area contributed by atoms with Crippen molar-refractivity contribution >= 4 is 21.9 Å². The maximum atomic E-state index is 5.76. The van der Waals surface area contributed by atoms with E-state index in [1.54, 1.807) is 0 Å². The van der Waals surface area contributed by atoms with Crippen molar-refractivity contribution in [2.24, 2.45) is 0 Å². The summed E-state index contributed by atoms with van der Waals surface area (Å²) in [5, 5.41) is 2.43. The summed E-state index contributed by atoms with van der Waals surface area (Å²) in [5.74, 6) is 0. The second-order valence-corrected chi connectivity index (χ2v) is 6.77. The van der Waals surface area contributed by atoms with E-state index in [-0.39, 0.29) is 0 Å². The highest BCUT2D eigenvalue weighted by molar-refractivity contribution is 6.05. The van der Waals surface area contributed by atoms with Gasteiger partial charge in [-0.2, -0.15) is 0 Å². The van der Waals surface area contributed by atoms with Crippen LogP contribution in [0, 0.1) is 34.6 Å². The predicted molar refractivity (Wildman–Crippen MR) is 104 cm³/mol. The number of hydrogen-bond donors (Lipinski definition) is 0. The third kappa shape index (κ3) is 3.51. The van der Waals surface area contributed by atoms with Crippen LogP contribution in [-0.4, -0.2) is 0 Å². The van der Waals surface area contributed by atoms with Gasteiger partial charge in [-0.1, -0.05) is 58.1 Å². The molecule has 1 heterocycles. The first-order valence-electron chi connectivity index (χ1n) is 8.37. The summed E-state index contributed by atoms with van der Waals surface area (Å²) in [6.45, 7) is 10.6. The fourth-order valence-corrected chi connectivity index (χ4v) is 3.21. The lowest BCUT2D eigenvalue weighted by Crippen LogP contribution is -1.78. The Morgan fingerprint density at radius 3 is 1.21 bits per heavy atom. The van der Waals surface area contributed by atoms with Crippen LogP contribution >= 0.6 is 0 Å². The third-order valence-corrected chi connectivity index (χ3v) is 4.15. The van der Waals surface area contributed by atoms with Crippen molar-refractivity contribution in [2.75, 3.05) is 0 Å². The smallest absolute Gasteiger partial charge is 0.135 e. The van der Waals surface area contributed by atoms with Crippen LogP contribution in [0.25, 0.3) is 21.9 Å². The first kappa shape index (κ1) is 16.3. The molecule has 0 aliphatic rings. The number of aryl methyl sites for hydroxylation is 5. The van der Waals surface area contributed by atoms with Gasteiger partial charge in [0.25, 0.3) is 0 Å². The molecule has 1 aromatic heterocycles. The Hall–Kier alpha value is -2.54. The lowest BCUT2D eigenvalue weighted by molar-refractivity contribution is 0.669. The molecule has 0 saturated heterocycles. The fraction of sp³-hybridized carbons (Fsp3) is 0.217. The highest BCUT2D eigenvalue weighted by Gasteiger charge is 2.06. The Morgan fingerprint density at radius 1 is 0.458 bits per heavy atom. The zero-order valence-corrected chi connectivity index (χ0v) is 15.1. The minimum absolute atomic E-state index is 0.973. The van der Waals surface area contributed by atoms with Gasteiger partial charge in [0.05, 0.1) is 0 Å². The van der Waals surface area contributed by atoms with E-state index in [2.05, 4.69) is 77.1 Å². The molecule has 0 atom stereocenters. The molecule has 0 amide bonds. The Bertz CT molecular complexity index is 899. The van der Waals surface area contributed by atoms with Gasteiger partial charge in [0.15, 0.2) is 0 Å². The van der Waals surface area contributed by atoms with Crippen LogP contribution in [-0.2, 0) is 0 Å². The van der Waals surface area contributed by atoms with Gasteiger partial charge in [-0.15, -0.1) is 0 Å². The molecule has 122 valence electrons. The molecule has 0 bridgehead atoms. The molecule has 0 aliphatic heterocycles. The van der Waals surface area contributed by atoms with E-state index in [1.165, 1.54) is 38.6 Å². The number of hydrogen-bond acceptors (Lipinski definition) is 1. The van der Waals surface area contributed by atoms with Gasteiger partial charge in [0.2, 0.25) is 0 Å². The minimum Gasteiger partial charge on any atom is -0.456 e. The summed E-state index contributed by atoms with van der Waals surface area (Å²) >= 11 is 0. The Labute approximate surface area is 143 Å². The predicted octanol–water partition coefficient (Wildman–Crippen LogP) is 6.81. The minimum atomic E-state index is 0.973. The first-order valence-corrected chi connectivity index (χ1v) is 8.37. The zero-order chi connectivity index (χ0) is 17.3. The molecule has 0 radical (unpaired) electrons. The SMILES string of the molecule is Cc1cc(C)cc(C)c1.Cc1ccc2oc3ccc(C)cc3c2c1. The van der Waals surface area contributed by atoms with Crippen LogP contribution < -0.4 is 0 Å². The third-order valence-electron chi connectivity index (χ3n) is 4.15. The van der Waals surface area contributed by atoms with Crippen LogP contribution in [0.1, 0.15) is 27.8 Å². The number of furan rings is 1. The van der Waals surface area contributed by atoms with Crippen LogP contribution in [0.2, 0.25) is 0 Å². The van der Waals surface area contributed by atoms with Gasteiger partial charge in [-0.05, 0) is 58.9 Å². The molecular weight excluding hydrogens is 292 g/mol. The molecule has 1 heteroatoms. The molecular formula is C23H24O. The summed E-state index contributed by atoms with van der Waals surface area (Å²) in [6.07, 6.45) is 0. The highest BCUT2D eigenvalue weighted by Crippen LogP contribution is 2.29. The monoisotopic (exact) mass is 316 g/mol. The molecule has 4 aromatic rings. The first-order chi connectivity index (χ1) is 11.4.